The van der Waals surface area contributed by atoms with Gasteiger partial charge in [0.2, 0.25) is 10.0 Å². The van der Waals surface area contributed by atoms with Crippen LogP contribution in [0.2, 0.25) is 5.02 Å². The summed E-state index contributed by atoms with van der Waals surface area (Å²) in [5.74, 6) is -0.535. The molecule has 0 atom stereocenters. The normalized spacial score (nSPS) is 11.7. The molecule has 0 radical (unpaired) electrons. The molecule has 0 saturated carbocycles. The Hall–Kier alpha value is -1.44. The van der Waals surface area contributed by atoms with E-state index in [1.54, 1.807) is 6.20 Å². The highest BCUT2D eigenvalue weighted by Crippen LogP contribution is 2.21. The number of nitrogens with zero attached hydrogens (tertiary/aromatic N) is 1. The van der Waals surface area contributed by atoms with Crippen LogP contribution in [0, 0.1) is 5.82 Å². The van der Waals surface area contributed by atoms with E-state index in [9.17, 15) is 12.8 Å². The third-order valence-corrected chi connectivity index (χ3v) is 3.90. The van der Waals surface area contributed by atoms with Crippen LogP contribution in [-0.4, -0.2) is 18.4 Å². The van der Waals surface area contributed by atoms with Crippen molar-refractivity contribution < 1.29 is 12.8 Å². The van der Waals surface area contributed by atoms with Crippen molar-refractivity contribution >= 4 is 21.6 Å². The van der Waals surface area contributed by atoms with Crippen LogP contribution in [-0.2, 0) is 16.6 Å². The summed E-state index contributed by atoms with van der Waals surface area (Å²) in [7, 11) is -3.96. The van der Waals surface area contributed by atoms with Crippen molar-refractivity contribution in [3.05, 3.63) is 47.3 Å². The molecule has 0 spiro atoms. The molecular formula is C10H9ClFN3O2S. The molecule has 0 unspecified atom stereocenters. The Balaban J connectivity index is 2.23. The number of aromatic nitrogens is 2. The minimum atomic E-state index is -3.96. The fraction of sp³-hybridized carbons (Fsp3) is 0.100. The highest BCUT2D eigenvalue weighted by molar-refractivity contribution is 7.89. The number of aromatic amines is 1. The van der Waals surface area contributed by atoms with Crippen molar-refractivity contribution in [2.45, 2.75) is 11.4 Å². The third-order valence-electron chi connectivity index (χ3n) is 2.19. The molecule has 96 valence electrons. The summed E-state index contributed by atoms with van der Waals surface area (Å²) in [6.45, 7) is -0.0543. The molecule has 0 bridgehead atoms. The molecule has 18 heavy (non-hydrogen) atoms. The molecule has 0 amide bonds. The average Bonchev–Trinajstić information content (AvgIpc) is 2.83. The van der Waals surface area contributed by atoms with Crippen LogP contribution < -0.4 is 4.72 Å². The van der Waals surface area contributed by atoms with Gasteiger partial charge in [-0.05, 0) is 12.1 Å². The lowest BCUT2D eigenvalue weighted by molar-refractivity contribution is 0.556. The maximum Gasteiger partial charge on any atom is 0.243 e. The largest absolute Gasteiger partial charge is 0.347 e. The van der Waals surface area contributed by atoms with E-state index in [0.717, 1.165) is 6.07 Å². The lowest BCUT2D eigenvalue weighted by Gasteiger charge is -2.07. The van der Waals surface area contributed by atoms with Gasteiger partial charge < -0.3 is 4.98 Å². The van der Waals surface area contributed by atoms with Crippen molar-refractivity contribution in [1.29, 1.82) is 0 Å². The lowest BCUT2D eigenvalue weighted by Crippen LogP contribution is -2.24. The molecular weight excluding hydrogens is 281 g/mol. The molecule has 0 aliphatic heterocycles. The first-order valence-electron chi connectivity index (χ1n) is 4.92. The van der Waals surface area contributed by atoms with Crippen LogP contribution in [0.5, 0.6) is 0 Å². The first kappa shape index (κ1) is 13.0. The lowest BCUT2D eigenvalue weighted by atomic mass is 10.3. The highest BCUT2D eigenvalue weighted by Gasteiger charge is 2.20. The van der Waals surface area contributed by atoms with Crippen molar-refractivity contribution in [3.8, 4) is 0 Å². The Morgan fingerprint density at radius 3 is 2.89 bits per heavy atom. The van der Waals surface area contributed by atoms with E-state index in [-0.39, 0.29) is 11.6 Å². The molecule has 0 aliphatic rings. The molecule has 2 rings (SSSR count). The Morgan fingerprint density at radius 2 is 2.22 bits per heavy atom. The molecule has 0 fully saturated rings. The van der Waals surface area contributed by atoms with Gasteiger partial charge in [0.1, 0.15) is 10.7 Å². The summed E-state index contributed by atoms with van der Waals surface area (Å²) in [6.07, 6.45) is 3.05. The summed E-state index contributed by atoms with van der Waals surface area (Å²) in [5, 5.41) is -0.240. The Labute approximate surface area is 108 Å². The zero-order valence-electron chi connectivity index (χ0n) is 9.02. The summed E-state index contributed by atoms with van der Waals surface area (Å²) < 4.78 is 39.5. The van der Waals surface area contributed by atoms with Gasteiger partial charge >= 0.3 is 0 Å². The van der Waals surface area contributed by atoms with E-state index in [4.69, 9.17) is 11.6 Å². The van der Waals surface area contributed by atoms with E-state index in [2.05, 4.69) is 14.7 Å². The quantitative estimate of drug-likeness (QED) is 0.899. The number of sulfonamides is 1. The van der Waals surface area contributed by atoms with E-state index >= 15 is 0 Å². The van der Waals surface area contributed by atoms with Gasteiger partial charge in [0.15, 0.2) is 5.82 Å². The SMILES string of the molecule is O=S(=O)(NCc1ncc[nH]1)c1cccc(Cl)c1F. The minimum absolute atomic E-state index is 0.0543. The van der Waals surface area contributed by atoms with Crippen LogP contribution in [0.4, 0.5) is 4.39 Å². The Morgan fingerprint density at radius 1 is 1.44 bits per heavy atom. The summed E-state index contributed by atoms with van der Waals surface area (Å²) in [4.78, 5) is 6.10. The van der Waals surface area contributed by atoms with Crippen molar-refractivity contribution in [1.82, 2.24) is 14.7 Å². The number of halogens is 2. The Kier molecular flexibility index (Phi) is 3.65. The molecule has 1 heterocycles. The zero-order chi connectivity index (χ0) is 13.2. The average molecular weight is 290 g/mol. The van der Waals surface area contributed by atoms with Crippen molar-refractivity contribution in [3.63, 3.8) is 0 Å². The predicted octanol–water partition coefficient (Wildman–Crippen LogP) is 1.68. The molecule has 0 aliphatic carbocycles. The fourth-order valence-corrected chi connectivity index (χ4v) is 2.64. The first-order valence-corrected chi connectivity index (χ1v) is 6.79. The standard InChI is InChI=1S/C10H9ClFN3O2S/c11-7-2-1-3-8(10(7)12)18(16,17)15-6-9-13-4-5-14-9/h1-5,15H,6H2,(H,13,14). The van der Waals surface area contributed by atoms with Crippen molar-refractivity contribution in [2.75, 3.05) is 0 Å². The predicted molar refractivity (Wildman–Crippen MR) is 64.0 cm³/mol. The van der Waals surface area contributed by atoms with E-state index in [1.807, 2.05) is 0 Å². The van der Waals surface area contributed by atoms with E-state index in [0.29, 0.717) is 5.82 Å². The van der Waals surface area contributed by atoms with Crippen LogP contribution in [0.15, 0.2) is 35.5 Å². The van der Waals surface area contributed by atoms with Crippen LogP contribution in [0.3, 0.4) is 0 Å². The molecule has 8 heteroatoms. The molecule has 2 N–H and O–H groups in total. The number of rotatable bonds is 4. The minimum Gasteiger partial charge on any atom is -0.347 e. The van der Waals surface area contributed by atoms with Crippen LogP contribution in [0.25, 0.3) is 0 Å². The van der Waals surface area contributed by atoms with Gasteiger partial charge in [-0.15, -0.1) is 0 Å². The summed E-state index contributed by atoms with van der Waals surface area (Å²) in [6, 6.07) is 3.79. The van der Waals surface area contributed by atoms with Crippen molar-refractivity contribution in [2.24, 2.45) is 0 Å². The summed E-state index contributed by atoms with van der Waals surface area (Å²) >= 11 is 5.53. The number of H-pyrrole nitrogens is 1. The van der Waals surface area contributed by atoms with Gasteiger partial charge in [0, 0.05) is 12.4 Å². The van der Waals surface area contributed by atoms with Gasteiger partial charge in [-0.25, -0.2) is 22.5 Å². The molecule has 1 aromatic heterocycles. The smallest absolute Gasteiger partial charge is 0.243 e. The van der Waals surface area contributed by atoms with Gasteiger partial charge in [0.25, 0.3) is 0 Å². The molecule has 0 saturated heterocycles. The maximum atomic E-state index is 13.6. The molecule has 5 nitrogen and oxygen atoms in total. The second-order valence-corrected chi connectivity index (χ2v) is 5.55. The first-order chi connectivity index (χ1) is 8.50. The van der Waals surface area contributed by atoms with E-state index < -0.39 is 20.7 Å². The molecule has 1 aromatic carbocycles. The summed E-state index contributed by atoms with van der Waals surface area (Å²) in [5.41, 5.74) is 0. The topological polar surface area (TPSA) is 74.8 Å². The number of hydrogen-bond acceptors (Lipinski definition) is 3. The van der Waals surface area contributed by atoms with E-state index in [1.165, 1.54) is 18.3 Å². The Bertz CT molecular complexity index is 643. The second kappa shape index (κ2) is 5.05. The van der Waals surface area contributed by atoms with Crippen LogP contribution in [0.1, 0.15) is 5.82 Å². The van der Waals surface area contributed by atoms with Crippen LogP contribution >= 0.6 is 11.6 Å². The number of hydrogen-bond donors (Lipinski definition) is 2. The van der Waals surface area contributed by atoms with Gasteiger partial charge in [-0.2, -0.15) is 0 Å². The van der Waals surface area contributed by atoms with Gasteiger partial charge in [-0.1, -0.05) is 17.7 Å². The monoisotopic (exact) mass is 289 g/mol. The highest BCUT2D eigenvalue weighted by atomic mass is 35.5. The number of benzene rings is 1. The number of nitrogens with one attached hydrogen (secondary N) is 2. The van der Waals surface area contributed by atoms with Gasteiger partial charge in [0.05, 0.1) is 11.6 Å². The zero-order valence-corrected chi connectivity index (χ0v) is 10.6. The fourth-order valence-electron chi connectivity index (χ4n) is 1.33. The molecule has 2 aromatic rings. The van der Waals surface area contributed by atoms with Gasteiger partial charge in [-0.3, -0.25) is 0 Å². The maximum absolute atomic E-state index is 13.6. The number of imidazole rings is 1. The second-order valence-electron chi connectivity index (χ2n) is 3.41. The third kappa shape index (κ3) is 2.69.